The van der Waals surface area contributed by atoms with Gasteiger partial charge in [0.2, 0.25) is 0 Å². The number of thiocarbonyl (C=S) groups is 1. The molecular weight excluding hydrogens is 376 g/mol. The molecule has 1 aromatic carbocycles. The van der Waals surface area contributed by atoms with Gasteiger partial charge in [0.25, 0.3) is 5.91 Å². The lowest BCUT2D eigenvalue weighted by Crippen LogP contribution is -2.46. The third kappa shape index (κ3) is 5.18. The first kappa shape index (κ1) is 18.2. The van der Waals surface area contributed by atoms with Crippen LogP contribution in [-0.2, 0) is 0 Å². The highest BCUT2D eigenvalue weighted by atomic mass is 79.9. The van der Waals surface area contributed by atoms with Crippen LogP contribution in [0.3, 0.4) is 0 Å². The second kappa shape index (κ2) is 8.11. The highest BCUT2D eigenvalue weighted by molar-refractivity contribution is 9.10. The fourth-order valence-electron chi connectivity index (χ4n) is 2.49. The maximum absolute atomic E-state index is 12.6. The molecule has 0 aliphatic carbocycles. The van der Waals surface area contributed by atoms with Crippen LogP contribution >= 0.6 is 28.1 Å². The van der Waals surface area contributed by atoms with Crippen molar-refractivity contribution in [2.75, 3.05) is 13.1 Å². The maximum Gasteiger partial charge on any atom is 0.261 e. The Balaban J connectivity index is 2.07. The number of amides is 1. The highest BCUT2D eigenvalue weighted by Gasteiger charge is 2.21. The van der Waals surface area contributed by atoms with Crippen molar-refractivity contribution in [1.82, 2.24) is 10.2 Å². The predicted octanol–water partition coefficient (Wildman–Crippen LogP) is 3.98. The van der Waals surface area contributed by atoms with E-state index < -0.39 is 0 Å². The number of likely N-dealkylation sites (tertiary alicyclic amines) is 1. The molecule has 4 nitrogen and oxygen atoms in total. The number of carbonyl (C=O) groups is 1. The normalized spacial score (nSPS) is 15.6. The molecule has 1 aromatic rings. The van der Waals surface area contributed by atoms with Crippen LogP contribution in [0.1, 0.15) is 44.0 Å². The number of hydrogen-bond acceptors (Lipinski definition) is 3. The van der Waals surface area contributed by atoms with Gasteiger partial charge >= 0.3 is 0 Å². The number of hydrogen-bond donors (Lipinski definition) is 1. The predicted molar refractivity (Wildman–Crippen MR) is 99.9 cm³/mol. The van der Waals surface area contributed by atoms with E-state index in [1.807, 2.05) is 19.9 Å². The monoisotopic (exact) mass is 398 g/mol. The van der Waals surface area contributed by atoms with Gasteiger partial charge < -0.3 is 9.64 Å². The molecule has 1 N–H and O–H groups in total. The average Bonchev–Trinajstić information content (AvgIpc) is 2.49. The molecule has 1 aliphatic heterocycles. The number of nitrogens with one attached hydrogen (secondary N) is 1. The molecule has 2 rings (SSSR count). The first-order valence-electron chi connectivity index (χ1n) is 7.93. The zero-order chi connectivity index (χ0) is 17.0. The van der Waals surface area contributed by atoms with Gasteiger partial charge in [-0.2, -0.15) is 0 Å². The van der Waals surface area contributed by atoms with Gasteiger partial charge in [-0.05, 0) is 63.0 Å². The van der Waals surface area contributed by atoms with Crippen molar-refractivity contribution >= 4 is 39.2 Å². The summed E-state index contributed by atoms with van der Waals surface area (Å²) in [6, 6.07) is 5.41. The standard InChI is InChI=1S/C17H23BrN2O2S/c1-11(2)22-15-5-4-13(18)10-14(15)16(21)19-17(23)20-8-6-12(3)7-9-20/h4-5,10-12H,6-9H2,1-3H3,(H,19,21,23). The lowest BCUT2D eigenvalue weighted by atomic mass is 10.00. The molecule has 1 saturated heterocycles. The summed E-state index contributed by atoms with van der Waals surface area (Å²) in [6.07, 6.45) is 2.21. The van der Waals surface area contributed by atoms with Crippen molar-refractivity contribution in [3.63, 3.8) is 0 Å². The van der Waals surface area contributed by atoms with Gasteiger partial charge in [-0.3, -0.25) is 10.1 Å². The molecule has 0 bridgehead atoms. The molecule has 6 heteroatoms. The first-order chi connectivity index (χ1) is 10.9. The van der Waals surface area contributed by atoms with Gasteiger partial charge in [-0.1, -0.05) is 22.9 Å². The fraction of sp³-hybridized carbons (Fsp3) is 0.529. The molecule has 1 heterocycles. The van der Waals surface area contributed by atoms with Crippen LogP contribution in [-0.4, -0.2) is 35.1 Å². The number of rotatable bonds is 3. The van der Waals surface area contributed by atoms with Gasteiger partial charge in [-0.15, -0.1) is 0 Å². The fourth-order valence-corrected chi connectivity index (χ4v) is 3.13. The number of ether oxygens (including phenoxy) is 1. The molecule has 1 aliphatic rings. The molecule has 1 amide bonds. The molecule has 0 aromatic heterocycles. The van der Waals surface area contributed by atoms with E-state index in [-0.39, 0.29) is 12.0 Å². The van der Waals surface area contributed by atoms with Crippen LogP contribution in [0.15, 0.2) is 22.7 Å². The zero-order valence-corrected chi connectivity index (χ0v) is 16.2. The number of nitrogens with zero attached hydrogens (tertiary/aromatic N) is 1. The quantitative estimate of drug-likeness (QED) is 0.781. The Labute approximate surface area is 151 Å². The second-order valence-electron chi connectivity index (χ2n) is 6.24. The molecule has 0 spiro atoms. The third-order valence-corrected chi connectivity index (χ3v) is 4.69. The highest BCUT2D eigenvalue weighted by Crippen LogP contribution is 2.24. The number of piperidine rings is 1. The van der Waals surface area contributed by atoms with Crippen LogP contribution in [0.2, 0.25) is 0 Å². The summed E-state index contributed by atoms with van der Waals surface area (Å²) in [4.78, 5) is 14.7. The SMILES string of the molecule is CC1CCN(C(=S)NC(=O)c2cc(Br)ccc2OC(C)C)CC1. The minimum atomic E-state index is -0.231. The smallest absolute Gasteiger partial charge is 0.261 e. The van der Waals surface area contributed by atoms with Crippen molar-refractivity contribution in [2.45, 2.75) is 39.7 Å². The molecular formula is C17H23BrN2O2S. The minimum absolute atomic E-state index is 0.00161. The second-order valence-corrected chi connectivity index (χ2v) is 7.54. The largest absolute Gasteiger partial charge is 0.490 e. The lowest BCUT2D eigenvalue weighted by molar-refractivity contribution is 0.0966. The summed E-state index contributed by atoms with van der Waals surface area (Å²) >= 11 is 8.80. The van der Waals surface area contributed by atoms with Crippen molar-refractivity contribution in [3.05, 3.63) is 28.2 Å². The van der Waals surface area contributed by atoms with E-state index in [9.17, 15) is 4.79 Å². The van der Waals surface area contributed by atoms with Crippen LogP contribution in [0.5, 0.6) is 5.75 Å². The average molecular weight is 399 g/mol. The zero-order valence-electron chi connectivity index (χ0n) is 13.8. The van der Waals surface area contributed by atoms with E-state index in [0.29, 0.717) is 16.4 Å². The van der Waals surface area contributed by atoms with E-state index in [1.165, 1.54) is 0 Å². The summed E-state index contributed by atoms with van der Waals surface area (Å²) < 4.78 is 6.55. The van der Waals surface area contributed by atoms with Gasteiger partial charge in [0.15, 0.2) is 5.11 Å². The number of benzene rings is 1. The van der Waals surface area contributed by atoms with Crippen molar-refractivity contribution in [2.24, 2.45) is 5.92 Å². The van der Waals surface area contributed by atoms with Gasteiger partial charge in [0, 0.05) is 17.6 Å². The van der Waals surface area contributed by atoms with Crippen molar-refractivity contribution in [3.8, 4) is 5.75 Å². The Morgan fingerprint density at radius 2 is 2.04 bits per heavy atom. The summed E-state index contributed by atoms with van der Waals surface area (Å²) in [6.45, 7) is 7.91. The maximum atomic E-state index is 12.6. The van der Waals surface area contributed by atoms with Gasteiger partial charge in [-0.25, -0.2) is 0 Å². The van der Waals surface area contributed by atoms with E-state index >= 15 is 0 Å². The summed E-state index contributed by atoms with van der Waals surface area (Å²) in [5.74, 6) is 1.06. The topological polar surface area (TPSA) is 41.6 Å². The molecule has 0 radical (unpaired) electrons. The third-order valence-electron chi connectivity index (χ3n) is 3.84. The van der Waals surface area contributed by atoms with Crippen LogP contribution in [0.25, 0.3) is 0 Å². The Morgan fingerprint density at radius 3 is 2.65 bits per heavy atom. The number of carbonyl (C=O) groups excluding carboxylic acids is 1. The van der Waals surface area contributed by atoms with E-state index in [4.69, 9.17) is 17.0 Å². The Hall–Kier alpha value is -1.14. The molecule has 23 heavy (non-hydrogen) atoms. The Morgan fingerprint density at radius 1 is 1.39 bits per heavy atom. The van der Waals surface area contributed by atoms with Crippen LogP contribution in [0, 0.1) is 5.92 Å². The van der Waals surface area contributed by atoms with E-state index in [2.05, 4.69) is 33.1 Å². The number of halogens is 1. The Bertz CT molecular complexity index is 584. The van der Waals surface area contributed by atoms with Crippen molar-refractivity contribution < 1.29 is 9.53 Å². The summed E-state index contributed by atoms with van der Waals surface area (Å²) in [5, 5.41) is 3.34. The van der Waals surface area contributed by atoms with Crippen molar-refractivity contribution in [1.29, 1.82) is 0 Å². The Kier molecular flexibility index (Phi) is 6.41. The lowest BCUT2D eigenvalue weighted by Gasteiger charge is -2.32. The molecule has 126 valence electrons. The minimum Gasteiger partial charge on any atom is -0.490 e. The summed E-state index contributed by atoms with van der Waals surface area (Å²) in [7, 11) is 0. The summed E-state index contributed by atoms with van der Waals surface area (Å²) in [5.41, 5.74) is 0.487. The van der Waals surface area contributed by atoms with Gasteiger partial charge in [0.1, 0.15) is 5.75 Å². The molecule has 1 fully saturated rings. The molecule has 0 unspecified atom stereocenters. The molecule has 0 saturated carbocycles. The molecule has 0 atom stereocenters. The first-order valence-corrected chi connectivity index (χ1v) is 9.13. The van der Waals surface area contributed by atoms with E-state index in [0.717, 1.165) is 36.3 Å². The van der Waals surface area contributed by atoms with Crippen LogP contribution in [0.4, 0.5) is 0 Å². The van der Waals surface area contributed by atoms with E-state index in [1.54, 1.807) is 12.1 Å². The van der Waals surface area contributed by atoms with Crippen LogP contribution < -0.4 is 10.1 Å². The van der Waals surface area contributed by atoms with Gasteiger partial charge in [0.05, 0.1) is 11.7 Å².